The normalized spacial score (nSPS) is 18.4. The Labute approximate surface area is 109 Å². The van der Waals surface area contributed by atoms with Gasteiger partial charge in [-0.25, -0.2) is 0 Å². The molecule has 1 aromatic heterocycles. The third kappa shape index (κ3) is 3.33. The highest BCUT2D eigenvalue weighted by Crippen LogP contribution is 2.27. The van der Waals surface area contributed by atoms with Gasteiger partial charge in [-0.1, -0.05) is 19.8 Å². The molecule has 0 amide bonds. The number of rotatable bonds is 6. The van der Waals surface area contributed by atoms with Crippen LogP contribution in [0, 0.1) is 5.92 Å². The molecule has 4 nitrogen and oxygen atoms in total. The average molecular weight is 251 g/mol. The molecule has 2 rings (SSSR count). The van der Waals surface area contributed by atoms with E-state index in [0.29, 0.717) is 12.5 Å². The van der Waals surface area contributed by atoms with Crippen LogP contribution in [0.3, 0.4) is 0 Å². The molecule has 0 bridgehead atoms. The van der Waals surface area contributed by atoms with Crippen LogP contribution in [0.1, 0.15) is 43.9 Å². The van der Waals surface area contributed by atoms with Gasteiger partial charge >= 0.3 is 0 Å². The van der Waals surface area contributed by atoms with Crippen molar-refractivity contribution in [3.05, 3.63) is 17.5 Å². The molecule has 18 heavy (non-hydrogen) atoms. The van der Waals surface area contributed by atoms with Crippen LogP contribution in [0.2, 0.25) is 0 Å². The SMILES string of the molecule is CCc1nn(C)cc1CNCC(O)C1CCCC1. The summed E-state index contributed by atoms with van der Waals surface area (Å²) in [5.74, 6) is 0.511. The van der Waals surface area contributed by atoms with E-state index in [0.717, 1.165) is 18.7 Å². The second kappa shape index (κ2) is 6.34. The maximum absolute atomic E-state index is 10.1. The van der Waals surface area contributed by atoms with E-state index >= 15 is 0 Å². The minimum Gasteiger partial charge on any atom is -0.392 e. The first-order valence-electron chi connectivity index (χ1n) is 7.11. The molecule has 1 aliphatic carbocycles. The summed E-state index contributed by atoms with van der Waals surface area (Å²) in [4.78, 5) is 0. The molecule has 2 N–H and O–H groups in total. The van der Waals surface area contributed by atoms with E-state index in [4.69, 9.17) is 0 Å². The Morgan fingerprint density at radius 1 is 1.50 bits per heavy atom. The predicted molar refractivity (Wildman–Crippen MR) is 72.3 cm³/mol. The zero-order valence-corrected chi connectivity index (χ0v) is 11.5. The molecule has 0 radical (unpaired) electrons. The summed E-state index contributed by atoms with van der Waals surface area (Å²) < 4.78 is 1.86. The smallest absolute Gasteiger partial charge is 0.0692 e. The van der Waals surface area contributed by atoms with Crippen LogP contribution >= 0.6 is 0 Å². The molecule has 0 saturated heterocycles. The second-order valence-electron chi connectivity index (χ2n) is 5.37. The molecule has 1 unspecified atom stereocenters. The number of aromatic nitrogens is 2. The molecule has 0 aliphatic heterocycles. The highest BCUT2D eigenvalue weighted by molar-refractivity contribution is 5.16. The van der Waals surface area contributed by atoms with Crippen molar-refractivity contribution in [1.82, 2.24) is 15.1 Å². The quantitative estimate of drug-likeness (QED) is 0.808. The molecule has 4 heteroatoms. The van der Waals surface area contributed by atoms with Crippen molar-refractivity contribution in [2.24, 2.45) is 13.0 Å². The summed E-state index contributed by atoms with van der Waals surface area (Å²) in [5.41, 5.74) is 2.40. The molecular weight excluding hydrogens is 226 g/mol. The Balaban J connectivity index is 1.77. The highest BCUT2D eigenvalue weighted by atomic mass is 16.3. The van der Waals surface area contributed by atoms with Gasteiger partial charge in [-0.15, -0.1) is 0 Å². The summed E-state index contributed by atoms with van der Waals surface area (Å²) in [6.45, 7) is 3.63. The molecule has 1 fully saturated rings. The van der Waals surface area contributed by atoms with Crippen molar-refractivity contribution in [1.29, 1.82) is 0 Å². The molecule has 1 aromatic rings. The number of nitrogens with one attached hydrogen (secondary N) is 1. The molecule has 0 aromatic carbocycles. The number of hydrogen-bond acceptors (Lipinski definition) is 3. The molecule has 1 heterocycles. The van der Waals surface area contributed by atoms with Crippen LogP contribution in [0.4, 0.5) is 0 Å². The van der Waals surface area contributed by atoms with E-state index in [1.165, 1.54) is 31.2 Å². The molecule has 102 valence electrons. The Bertz CT molecular complexity index is 369. The van der Waals surface area contributed by atoms with Crippen LogP contribution < -0.4 is 5.32 Å². The van der Waals surface area contributed by atoms with Crippen LogP contribution in [-0.4, -0.2) is 27.5 Å². The number of aliphatic hydroxyl groups is 1. The van der Waals surface area contributed by atoms with E-state index in [9.17, 15) is 5.11 Å². The Kier molecular flexibility index (Phi) is 4.78. The van der Waals surface area contributed by atoms with E-state index in [1.54, 1.807) is 0 Å². The number of hydrogen-bond donors (Lipinski definition) is 2. The second-order valence-corrected chi connectivity index (χ2v) is 5.37. The molecular formula is C14H25N3O. The summed E-state index contributed by atoms with van der Waals surface area (Å²) >= 11 is 0. The third-order valence-corrected chi connectivity index (χ3v) is 3.94. The van der Waals surface area contributed by atoms with E-state index in [-0.39, 0.29) is 6.10 Å². The van der Waals surface area contributed by atoms with Gasteiger partial charge in [0.15, 0.2) is 0 Å². The van der Waals surface area contributed by atoms with Gasteiger partial charge in [-0.05, 0) is 25.2 Å². The average Bonchev–Trinajstić information content (AvgIpc) is 2.98. The van der Waals surface area contributed by atoms with Crippen molar-refractivity contribution in [2.75, 3.05) is 6.54 Å². The lowest BCUT2D eigenvalue weighted by atomic mass is 10.0. The Morgan fingerprint density at radius 3 is 2.89 bits per heavy atom. The van der Waals surface area contributed by atoms with Gasteiger partial charge in [-0.2, -0.15) is 5.10 Å². The van der Waals surface area contributed by atoms with Crippen molar-refractivity contribution in [2.45, 2.75) is 51.7 Å². The van der Waals surface area contributed by atoms with E-state index < -0.39 is 0 Å². The first-order valence-corrected chi connectivity index (χ1v) is 7.11. The van der Waals surface area contributed by atoms with Gasteiger partial charge in [0, 0.05) is 31.9 Å². The first kappa shape index (κ1) is 13.6. The highest BCUT2D eigenvalue weighted by Gasteiger charge is 2.22. The fraction of sp³-hybridized carbons (Fsp3) is 0.786. The minimum absolute atomic E-state index is 0.186. The Morgan fingerprint density at radius 2 is 2.22 bits per heavy atom. The summed E-state index contributed by atoms with van der Waals surface area (Å²) in [6.07, 6.45) is 7.78. The van der Waals surface area contributed by atoms with Gasteiger partial charge in [0.2, 0.25) is 0 Å². The molecule has 1 saturated carbocycles. The largest absolute Gasteiger partial charge is 0.392 e. The minimum atomic E-state index is -0.186. The topological polar surface area (TPSA) is 50.1 Å². The van der Waals surface area contributed by atoms with Gasteiger partial charge in [0.25, 0.3) is 0 Å². The van der Waals surface area contributed by atoms with Crippen LogP contribution in [-0.2, 0) is 20.0 Å². The standard InChI is InChI=1S/C14H25N3O/c1-3-13-12(10-17(2)16-13)8-15-9-14(18)11-6-4-5-7-11/h10-11,14-15,18H,3-9H2,1-2H3. The van der Waals surface area contributed by atoms with Gasteiger partial charge in [0.1, 0.15) is 0 Å². The van der Waals surface area contributed by atoms with Gasteiger partial charge < -0.3 is 10.4 Å². The Hall–Kier alpha value is -0.870. The van der Waals surface area contributed by atoms with Crippen LogP contribution in [0.15, 0.2) is 6.20 Å². The fourth-order valence-electron chi connectivity index (χ4n) is 2.89. The third-order valence-electron chi connectivity index (χ3n) is 3.94. The van der Waals surface area contributed by atoms with Gasteiger partial charge in [-0.3, -0.25) is 4.68 Å². The van der Waals surface area contributed by atoms with Crippen molar-refractivity contribution in [3.63, 3.8) is 0 Å². The van der Waals surface area contributed by atoms with E-state index in [1.807, 2.05) is 11.7 Å². The number of aliphatic hydroxyl groups excluding tert-OH is 1. The number of nitrogens with zero attached hydrogens (tertiary/aromatic N) is 2. The van der Waals surface area contributed by atoms with Crippen molar-refractivity contribution in [3.8, 4) is 0 Å². The van der Waals surface area contributed by atoms with E-state index in [2.05, 4.69) is 23.5 Å². The lowest BCUT2D eigenvalue weighted by Gasteiger charge is -2.18. The maximum Gasteiger partial charge on any atom is 0.0692 e. The maximum atomic E-state index is 10.1. The number of aryl methyl sites for hydroxylation is 2. The first-order chi connectivity index (χ1) is 8.70. The van der Waals surface area contributed by atoms with Crippen LogP contribution in [0.5, 0.6) is 0 Å². The summed E-state index contributed by atoms with van der Waals surface area (Å²) in [7, 11) is 1.95. The van der Waals surface area contributed by atoms with Crippen molar-refractivity contribution < 1.29 is 5.11 Å². The zero-order chi connectivity index (χ0) is 13.0. The summed E-state index contributed by atoms with van der Waals surface area (Å²) in [6, 6.07) is 0. The molecule has 0 spiro atoms. The monoisotopic (exact) mass is 251 g/mol. The molecule has 1 aliphatic rings. The van der Waals surface area contributed by atoms with Gasteiger partial charge in [0.05, 0.1) is 11.8 Å². The lowest BCUT2D eigenvalue weighted by molar-refractivity contribution is 0.109. The molecule has 1 atom stereocenters. The van der Waals surface area contributed by atoms with Crippen LogP contribution in [0.25, 0.3) is 0 Å². The summed E-state index contributed by atoms with van der Waals surface area (Å²) in [5, 5.41) is 17.9. The zero-order valence-electron chi connectivity index (χ0n) is 11.5. The van der Waals surface area contributed by atoms with Crippen molar-refractivity contribution >= 4 is 0 Å². The lowest BCUT2D eigenvalue weighted by Crippen LogP contribution is -2.31. The predicted octanol–water partition coefficient (Wildman–Crippen LogP) is 1.62. The fourth-order valence-corrected chi connectivity index (χ4v) is 2.89.